The van der Waals surface area contributed by atoms with Gasteiger partial charge in [0.1, 0.15) is 6.04 Å². The lowest BCUT2D eigenvalue weighted by Crippen LogP contribution is -2.54. The predicted molar refractivity (Wildman–Crippen MR) is 76.8 cm³/mol. The molecule has 0 saturated heterocycles. The van der Waals surface area contributed by atoms with E-state index in [0.717, 1.165) is 6.54 Å². The Morgan fingerprint density at radius 1 is 1.05 bits per heavy atom. The topological polar surface area (TPSA) is 82.3 Å². The molecule has 0 aromatic rings. The van der Waals surface area contributed by atoms with E-state index in [9.17, 15) is 9.59 Å². The second kappa shape index (κ2) is 9.75. The van der Waals surface area contributed by atoms with E-state index in [1.807, 2.05) is 27.8 Å². The fourth-order valence-electron chi connectivity index (χ4n) is 1.60. The van der Waals surface area contributed by atoms with Gasteiger partial charge in [0.2, 0.25) is 11.8 Å². The Bertz CT molecular complexity index is 282. The van der Waals surface area contributed by atoms with Gasteiger partial charge in [0.15, 0.2) is 0 Å². The Kier molecular flexibility index (Phi) is 9.16. The van der Waals surface area contributed by atoms with Crippen molar-refractivity contribution in [3.8, 4) is 0 Å². The maximum atomic E-state index is 12.0. The predicted octanol–water partition coefficient (Wildman–Crippen LogP) is -0.539. The molecule has 2 amide bonds. The summed E-state index contributed by atoms with van der Waals surface area (Å²) >= 11 is 0. The fourth-order valence-corrected chi connectivity index (χ4v) is 1.60. The van der Waals surface area contributed by atoms with Crippen molar-refractivity contribution in [3.63, 3.8) is 0 Å². The zero-order chi connectivity index (χ0) is 14.8. The molecule has 0 aliphatic heterocycles. The summed E-state index contributed by atoms with van der Waals surface area (Å²) in [4.78, 5) is 23.8. The molecule has 0 heterocycles. The van der Waals surface area contributed by atoms with Gasteiger partial charge in [-0.1, -0.05) is 13.8 Å². The average molecular weight is 272 g/mol. The minimum atomic E-state index is -0.485. The van der Waals surface area contributed by atoms with Crippen molar-refractivity contribution < 1.29 is 9.59 Å². The Labute approximate surface area is 116 Å². The van der Waals surface area contributed by atoms with Crippen LogP contribution in [0.4, 0.5) is 0 Å². The molecule has 0 aliphatic carbocycles. The van der Waals surface area contributed by atoms with Crippen molar-refractivity contribution >= 4 is 11.8 Å². The van der Waals surface area contributed by atoms with Gasteiger partial charge in [-0.15, -0.1) is 0 Å². The van der Waals surface area contributed by atoms with Crippen molar-refractivity contribution in [2.45, 2.75) is 39.8 Å². The lowest BCUT2D eigenvalue weighted by Gasteiger charge is -2.23. The van der Waals surface area contributed by atoms with Gasteiger partial charge in [0, 0.05) is 19.6 Å². The van der Waals surface area contributed by atoms with Gasteiger partial charge in [-0.3, -0.25) is 9.59 Å². The number of hydrogen-bond acceptors (Lipinski definition) is 4. The highest BCUT2D eigenvalue weighted by molar-refractivity contribution is 5.89. The smallest absolute Gasteiger partial charge is 0.242 e. The highest BCUT2D eigenvalue weighted by atomic mass is 16.2. The second-order valence-corrected chi connectivity index (χ2v) is 4.90. The van der Waals surface area contributed by atoms with E-state index in [4.69, 9.17) is 0 Å². The molecule has 2 atom stereocenters. The first-order valence-electron chi connectivity index (χ1n) is 6.90. The maximum Gasteiger partial charge on any atom is 0.242 e. The monoisotopic (exact) mass is 272 g/mol. The van der Waals surface area contributed by atoms with Crippen LogP contribution in [-0.2, 0) is 9.59 Å². The molecule has 0 bridgehead atoms. The summed E-state index contributed by atoms with van der Waals surface area (Å²) in [5, 5.41) is 11.6. The van der Waals surface area contributed by atoms with Crippen molar-refractivity contribution in [1.29, 1.82) is 0 Å². The maximum absolute atomic E-state index is 12.0. The SMILES string of the molecule is CCNC(=O)[C@@H](NC(=O)C(C)NCCNC)C(C)C. The van der Waals surface area contributed by atoms with Crippen molar-refractivity contribution in [2.24, 2.45) is 5.92 Å². The van der Waals surface area contributed by atoms with Crippen molar-refractivity contribution in [1.82, 2.24) is 21.3 Å². The number of nitrogens with one attached hydrogen (secondary N) is 4. The lowest BCUT2D eigenvalue weighted by molar-refractivity contribution is -0.130. The largest absolute Gasteiger partial charge is 0.355 e. The summed E-state index contributed by atoms with van der Waals surface area (Å²) in [6.45, 7) is 9.55. The van der Waals surface area contributed by atoms with Crippen LogP contribution >= 0.6 is 0 Å². The second-order valence-electron chi connectivity index (χ2n) is 4.90. The molecular formula is C13H28N4O2. The summed E-state index contributed by atoms with van der Waals surface area (Å²) < 4.78 is 0. The number of likely N-dealkylation sites (N-methyl/N-ethyl adjacent to an activating group) is 2. The minimum Gasteiger partial charge on any atom is -0.355 e. The molecule has 0 saturated carbocycles. The number of carbonyl (C=O) groups is 2. The molecule has 6 heteroatoms. The normalized spacial score (nSPS) is 14.0. The first kappa shape index (κ1) is 17.9. The van der Waals surface area contributed by atoms with E-state index in [1.54, 1.807) is 6.92 Å². The van der Waals surface area contributed by atoms with Crippen LogP contribution in [0, 0.1) is 5.92 Å². The quantitative estimate of drug-likeness (QED) is 0.425. The summed E-state index contributed by atoms with van der Waals surface area (Å²) in [5.74, 6) is -0.227. The third kappa shape index (κ3) is 7.12. The van der Waals surface area contributed by atoms with Gasteiger partial charge >= 0.3 is 0 Å². The van der Waals surface area contributed by atoms with Crippen LogP contribution in [0.1, 0.15) is 27.7 Å². The number of amides is 2. The van der Waals surface area contributed by atoms with Gasteiger partial charge in [0.25, 0.3) is 0 Å². The molecule has 0 aromatic heterocycles. The number of rotatable bonds is 9. The van der Waals surface area contributed by atoms with E-state index in [2.05, 4.69) is 21.3 Å². The van der Waals surface area contributed by atoms with Crippen LogP contribution in [0.5, 0.6) is 0 Å². The summed E-state index contributed by atoms with van der Waals surface area (Å²) in [7, 11) is 1.86. The highest BCUT2D eigenvalue weighted by Gasteiger charge is 2.25. The van der Waals surface area contributed by atoms with Crippen LogP contribution in [0.25, 0.3) is 0 Å². The third-order valence-corrected chi connectivity index (χ3v) is 2.82. The molecule has 0 aromatic carbocycles. The first-order valence-corrected chi connectivity index (χ1v) is 6.90. The Hall–Kier alpha value is -1.14. The van der Waals surface area contributed by atoms with Crippen LogP contribution in [-0.4, -0.2) is 50.6 Å². The molecule has 0 rings (SSSR count). The van der Waals surface area contributed by atoms with Gasteiger partial charge < -0.3 is 21.3 Å². The minimum absolute atomic E-state index is 0.0556. The summed E-state index contributed by atoms with van der Waals surface area (Å²) in [6.07, 6.45) is 0. The zero-order valence-electron chi connectivity index (χ0n) is 12.7. The molecule has 19 heavy (non-hydrogen) atoms. The van der Waals surface area contributed by atoms with Crippen LogP contribution in [0.15, 0.2) is 0 Å². The first-order chi connectivity index (χ1) is 8.93. The molecule has 0 aliphatic rings. The van der Waals surface area contributed by atoms with E-state index in [-0.39, 0.29) is 23.8 Å². The summed E-state index contributed by atoms with van der Waals surface area (Å²) in [5.41, 5.74) is 0. The van der Waals surface area contributed by atoms with E-state index in [1.165, 1.54) is 0 Å². The lowest BCUT2D eigenvalue weighted by atomic mass is 10.0. The molecule has 0 fully saturated rings. The van der Waals surface area contributed by atoms with E-state index in [0.29, 0.717) is 13.1 Å². The molecular weight excluding hydrogens is 244 g/mol. The number of carbonyl (C=O) groups excluding carboxylic acids is 2. The van der Waals surface area contributed by atoms with Crippen molar-refractivity contribution in [3.05, 3.63) is 0 Å². The fraction of sp³-hybridized carbons (Fsp3) is 0.846. The van der Waals surface area contributed by atoms with Crippen LogP contribution in [0.3, 0.4) is 0 Å². The molecule has 0 radical (unpaired) electrons. The van der Waals surface area contributed by atoms with Gasteiger partial charge in [-0.2, -0.15) is 0 Å². The molecule has 4 N–H and O–H groups in total. The van der Waals surface area contributed by atoms with Gasteiger partial charge in [-0.05, 0) is 26.8 Å². The Morgan fingerprint density at radius 2 is 1.68 bits per heavy atom. The van der Waals surface area contributed by atoms with Gasteiger partial charge in [0.05, 0.1) is 6.04 Å². The van der Waals surface area contributed by atoms with Crippen LogP contribution < -0.4 is 21.3 Å². The molecule has 0 spiro atoms. The van der Waals surface area contributed by atoms with E-state index >= 15 is 0 Å². The van der Waals surface area contributed by atoms with Gasteiger partial charge in [-0.25, -0.2) is 0 Å². The highest BCUT2D eigenvalue weighted by Crippen LogP contribution is 2.02. The average Bonchev–Trinajstić information content (AvgIpc) is 2.35. The third-order valence-electron chi connectivity index (χ3n) is 2.82. The van der Waals surface area contributed by atoms with Crippen molar-refractivity contribution in [2.75, 3.05) is 26.7 Å². The molecule has 1 unspecified atom stereocenters. The Balaban J connectivity index is 4.34. The summed E-state index contributed by atoms with van der Waals surface area (Å²) in [6, 6.07) is -0.801. The Morgan fingerprint density at radius 3 is 2.16 bits per heavy atom. The molecule has 6 nitrogen and oxygen atoms in total. The molecule has 112 valence electrons. The number of hydrogen-bond donors (Lipinski definition) is 4. The van der Waals surface area contributed by atoms with Crippen LogP contribution in [0.2, 0.25) is 0 Å². The zero-order valence-corrected chi connectivity index (χ0v) is 12.7. The van der Waals surface area contributed by atoms with E-state index < -0.39 is 6.04 Å². The standard InChI is InChI=1S/C13H28N4O2/c1-6-15-13(19)11(9(2)3)17-12(18)10(4)16-8-7-14-5/h9-11,14,16H,6-8H2,1-5H3,(H,15,19)(H,17,18)/t10?,11-/m0/s1.